The normalized spacial score (nSPS) is 27.3. The van der Waals surface area contributed by atoms with E-state index >= 15 is 0 Å². The van der Waals surface area contributed by atoms with Crippen LogP contribution < -0.4 is 11.1 Å². The minimum Gasteiger partial charge on any atom is -0.453 e. The van der Waals surface area contributed by atoms with E-state index in [0.717, 1.165) is 0 Å². The number of carbonyl (C=O) groups is 1. The van der Waals surface area contributed by atoms with Crippen molar-refractivity contribution in [3.05, 3.63) is 12.2 Å². The molecule has 2 aliphatic rings. The molecule has 3 N–H and O–H groups in total. The molecule has 2 aliphatic heterocycles. The number of carbonyl (C=O) groups excluding carboxylic acids is 1. The predicted octanol–water partition coefficient (Wildman–Crippen LogP) is -0.341. The highest BCUT2D eigenvalue weighted by Gasteiger charge is 2.36. The molecule has 15 heavy (non-hydrogen) atoms. The van der Waals surface area contributed by atoms with Crippen molar-refractivity contribution in [3.63, 3.8) is 0 Å². The second-order valence-corrected chi connectivity index (χ2v) is 3.15. The van der Waals surface area contributed by atoms with Crippen molar-refractivity contribution in [1.29, 1.82) is 0 Å². The van der Waals surface area contributed by atoms with Gasteiger partial charge < -0.3 is 15.8 Å². The van der Waals surface area contributed by atoms with Gasteiger partial charge in [0.1, 0.15) is 0 Å². The van der Waals surface area contributed by atoms with Gasteiger partial charge in [0.15, 0.2) is 12.1 Å². The van der Waals surface area contributed by atoms with E-state index in [1.807, 2.05) is 12.2 Å². The number of nitrogens with one attached hydrogen (secondary N) is 1. The van der Waals surface area contributed by atoms with E-state index in [2.05, 4.69) is 15.0 Å². The number of nitrogens with two attached hydrogens (primary N) is 1. The van der Waals surface area contributed by atoms with E-state index in [4.69, 9.17) is 5.73 Å². The Morgan fingerprint density at radius 1 is 1.80 bits per heavy atom. The minimum absolute atomic E-state index is 0. The topological polar surface area (TPSA) is 80.0 Å². The molecule has 0 radical (unpaired) electrons. The summed E-state index contributed by atoms with van der Waals surface area (Å²) < 4.78 is 4.65. The zero-order valence-electron chi connectivity index (χ0n) is 8.21. The van der Waals surface area contributed by atoms with Gasteiger partial charge >= 0.3 is 6.09 Å². The fourth-order valence-corrected chi connectivity index (χ4v) is 1.65. The van der Waals surface area contributed by atoms with E-state index in [0.29, 0.717) is 12.5 Å². The number of ether oxygens (including phenoxy) is 1. The van der Waals surface area contributed by atoms with Gasteiger partial charge in [-0.2, -0.15) is 0 Å². The second-order valence-electron chi connectivity index (χ2n) is 3.15. The third-order valence-corrected chi connectivity index (χ3v) is 2.28. The first-order valence-corrected chi connectivity index (χ1v) is 4.33. The average Bonchev–Trinajstić information content (AvgIpc) is 2.56. The Labute approximate surface area is 93.6 Å². The van der Waals surface area contributed by atoms with Crippen LogP contribution in [0.1, 0.15) is 0 Å². The van der Waals surface area contributed by atoms with E-state index in [9.17, 15) is 4.79 Å². The number of methoxy groups -OCH3 is 1. The molecule has 0 aromatic heterocycles. The van der Waals surface area contributed by atoms with E-state index in [1.54, 1.807) is 0 Å². The number of halogens is 1. The quantitative estimate of drug-likeness (QED) is 0.560. The van der Waals surface area contributed by atoms with Crippen molar-refractivity contribution < 1.29 is 9.53 Å². The van der Waals surface area contributed by atoms with Crippen molar-refractivity contribution in [1.82, 2.24) is 10.2 Å². The molecule has 6 nitrogen and oxygen atoms in total. The first-order valence-electron chi connectivity index (χ1n) is 4.33. The molecule has 2 atom stereocenters. The molecule has 0 bridgehead atoms. The molecule has 0 unspecified atom stereocenters. The Bertz CT molecular complexity index is 318. The summed E-state index contributed by atoms with van der Waals surface area (Å²) in [4.78, 5) is 17.0. The monoisotopic (exact) mass is 232 g/mol. The number of rotatable bonds is 0. The van der Waals surface area contributed by atoms with Gasteiger partial charge in [-0.05, 0) is 0 Å². The summed E-state index contributed by atoms with van der Waals surface area (Å²) in [5.74, 6) is 0.362. The molecule has 0 aromatic carbocycles. The van der Waals surface area contributed by atoms with Crippen LogP contribution in [0.15, 0.2) is 17.1 Å². The summed E-state index contributed by atoms with van der Waals surface area (Å²) in [7, 11) is 1.35. The highest BCUT2D eigenvalue weighted by atomic mass is 35.5. The molecule has 2 heterocycles. The van der Waals surface area contributed by atoms with Gasteiger partial charge in [-0.1, -0.05) is 12.2 Å². The van der Waals surface area contributed by atoms with Crippen LogP contribution in [0.3, 0.4) is 0 Å². The fraction of sp³-hybridized carbons (Fsp3) is 0.500. The molecule has 84 valence electrons. The predicted molar refractivity (Wildman–Crippen MR) is 57.8 cm³/mol. The zero-order chi connectivity index (χ0) is 10.1. The molecule has 0 spiro atoms. The molecule has 0 aromatic rings. The standard InChI is InChI=1S/C8H12N4O2.ClH/c1-14-8(13)12-4-2-3-5-6(12)11-7(9)10-5;/h2-3,5-6H,4H2,1H3,(H3,9,10,11);1H/t5-,6+;/m0./s1. The van der Waals surface area contributed by atoms with Crippen LogP contribution in [0.5, 0.6) is 0 Å². The Hall–Kier alpha value is -1.43. The lowest BCUT2D eigenvalue weighted by molar-refractivity contribution is 0.107. The fourth-order valence-electron chi connectivity index (χ4n) is 1.65. The van der Waals surface area contributed by atoms with E-state index in [1.165, 1.54) is 12.0 Å². The third-order valence-electron chi connectivity index (χ3n) is 2.28. The zero-order valence-corrected chi connectivity index (χ0v) is 9.03. The van der Waals surface area contributed by atoms with Gasteiger partial charge in [0.05, 0.1) is 13.2 Å². The van der Waals surface area contributed by atoms with Gasteiger partial charge in [0.25, 0.3) is 0 Å². The maximum atomic E-state index is 11.3. The van der Waals surface area contributed by atoms with Crippen molar-refractivity contribution >= 4 is 24.5 Å². The molecule has 1 amide bonds. The second kappa shape index (κ2) is 4.39. The molecule has 2 rings (SSSR count). The van der Waals surface area contributed by atoms with Crippen LogP contribution in [0.4, 0.5) is 4.79 Å². The van der Waals surface area contributed by atoms with Crippen LogP contribution in [0, 0.1) is 0 Å². The summed E-state index contributed by atoms with van der Waals surface area (Å²) in [6.07, 6.45) is 3.18. The molecule has 7 heteroatoms. The van der Waals surface area contributed by atoms with E-state index < -0.39 is 0 Å². The van der Waals surface area contributed by atoms with E-state index in [-0.39, 0.29) is 30.7 Å². The Morgan fingerprint density at radius 3 is 3.20 bits per heavy atom. The van der Waals surface area contributed by atoms with Crippen molar-refractivity contribution in [2.24, 2.45) is 10.7 Å². The molecule has 0 fully saturated rings. The lowest BCUT2D eigenvalue weighted by Gasteiger charge is -2.30. The van der Waals surface area contributed by atoms with Gasteiger partial charge in [-0.3, -0.25) is 4.90 Å². The van der Waals surface area contributed by atoms with Crippen LogP contribution >= 0.6 is 12.4 Å². The number of nitrogens with zero attached hydrogens (tertiary/aromatic N) is 2. The SMILES string of the molecule is COC(=O)N1CC=C[C@@H]2NC(N)=N[C@@H]21.Cl. The van der Waals surface area contributed by atoms with Gasteiger partial charge in [0, 0.05) is 6.54 Å². The van der Waals surface area contributed by atoms with Crippen molar-refractivity contribution in [2.75, 3.05) is 13.7 Å². The summed E-state index contributed by atoms with van der Waals surface area (Å²) >= 11 is 0. The summed E-state index contributed by atoms with van der Waals surface area (Å²) in [6, 6.07) is -0.0251. The molecular weight excluding hydrogens is 220 g/mol. The Balaban J connectivity index is 0.00000112. The average molecular weight is 233 g/mol. The molecular formula is C8H13ClN4O2. The lowest BCUT2D eigenvalue weighted by atomic mass is 10.1. The number of hydrogen-bond acceptors (Lipinski definition) is 5. The third kappa shape index (κ3) is 1.99. The van der Waals surface area contributed by atoms with Crippen LogP contribution in [0.25, 0.3) is 0 Å². The lowest BCUT2D eigenvalue weighted by Crippen LogP contribution is -2.49. The first-order chi connectivity index (χ1) is 6.72. The Morgan fingerprint density at radius 2 is 2.53 bits per heavy atom. The first kappa shape index (κ1) is 11.6. The van der Waals surface area contributed by atoms with Gasteiger partial charge in [0.2, 0.25) is 0 Å². The molecule has 0 aliphatic carbocycles. The maximum Gasteiger partial charge on any atom is 0.411 e. The van der Waals surface area contributed by atoms with Crippen LogP contribution in [0.2, 0.25) is 0 Å². The van der Waals surface area contributed by atoms with Gasteiger partial charge in [-0.15, -0.1) is 12.4 Å². The van der Waals surface area contributed by atoms with Crippen LogP contribution in [-0.4, -0.2) is 42.8 Å². The summed E-state index contributed by atoms with van der Waals surface area (Å²) in [5, 5.41) is 2.96. The maximum absolute atomic E-state index is 11.3. The molecule has 0 saturated carbocycles. The van der Waals surface area contributed by atoms with Crippen molar-refractivity contribution in [2.45, 2.75) is 12.2 Å². The van der Waals surface area contributed by atoms with Crippen molar-refractivity contribution in [3.8, 4) is 0 Å². The summed E-state index contributed by atoms with van der Waals surface area (Å²) in [6.45, 7) is 0.506. The van der Waals surface area contributed by atoms with Gasteiger partial charge in [-0.25, -0.2) is 9.79 Å². The number of guanidine groups is 1. The smallest absolute Gasteiger partial charge is 0.411 e. The minimum atomic E-state index is -0.385. The highest BCUT2D eigenvalue weighted by Crippen LogP contribution is 2.17. The number of amides is 1. The number of hydrogen-bond donors (Lipinski definition) is 2. The molecule has 0 saturated heterocycles. The highest BCUT2D eigenvalue weighted by molar-refractivity contribution is 5.85. The number of fused-ring (bicyclic) bond motifs is 1. The summed E-state index contributed by atoms with van der Waals surface area (Å²) in [5.41, 5.74) is 5.52. The largest absolute Gasteiger partial charge is 0.453 e. The Kier molecular flexibility index (Phi) is 3.41. The van der Waals surface area contributed by atoms with Crippen LogP contribution in [-0.2, 0) is 4.74 Å². The number of aliphatic imine (C=N–C) groups is 1.